The summed E-state index contributed by atoms with van der Waals surface area (Å²) in [5, 5.41) is 42.4. The van der Waals surface area contributed by atoms with Gasteiger partial charge in [0.15, 0.2) is 0 Å². The van der Waals surface area contributed by atoms with E-state index >= 15 is 0 Å². The summed E-state index contributed by atoms with van der Waals surface area (Å²) in [6, 6.07) is 0.613. The molecule has 0 saturated heterocycles. The van der Waals surface area contributed by atoms with Crippen LogP contribution in [0.3, 0.4) is 0 Å². The Balaban J connectivity index is 0. The Morgan fingerprint density at radius 2 is 0.700 bits per heavy atom. The summed E-state index contributed by atoms with van der Waals surface area (Å²) in [6.07, 6.45) is 0. The molecule has 0 aromatic heterocycles. The Labute approximate surface area is 171 Å². The molecule has 1 rings (SSSR count). The second-order valence-electron chi connectivity index (χ2n) is 3.09. The zero-order valence-electron chi connectivity index (χ0n) is 9.83. The minimum atomic E-state index is -2.00. The quantitative estimate of drug-likeness (QED) is 0.494. The molecule has 0 heterocycles. The molecular formula is C10H2Ca2O8. The van der Waals surface area contributed by atoms with Gasteiger partial charge in [-0.3, -0.25) is 0 Å². The molecule has 0 aliphatic rings. The van der Waals surface area contributed by atoms with Crippen molar-refractivity contribution in [2.24, 2.45) is 0 Å². The molecule has 0 amide bonds. The minimum absolute atomic E-state index is 0. The topological polar surface area (TPSA) is 161 Å². The molecule has 0 fully saturated rings. The molecule has 0 aliphatic heterocycles. The number of carbonyl (C=O) groups excluding carboxylic acids is 4. The van der Waals surface area contributed by atoms with E-state index in [1.807, 2.05) is 0 Å². The second kappa shape index (κ2) is 8.81. The zero-order valence-corrected chi connectivity index (χ0v) is 14.3. The Bertz CT molecular complexity index is 483. The number of carboxylic acids is 4. The van der Waals surface area contributed by atoms with Crippen LogP contribution in [0.1, 0.15) is 41.4 Å². The molecule has 10 heteroatoms. The van der Waals surface area contributed by atoms with E-state index in [4.69, 9.17) is 0 Å². The van der Waals surface area contributed by atoms with E-state index in [1.165, 1.54) is 0 Å². The van der Waals surface area contributed by atoms with Crippen LogP contribution in [0, 0.1) is 0 Å². The first kappa shape index (κ1) is 21.9. The van der Waals surface area contributed by atoms with Crippen molar-refractivity contribution < 1.29 is 39.6 Å². The van der Waals surface area contributed by atoms with Crippen molar-refractivity contribution in [2.75, 3.05) is 0 Å². The molecule has 1 aromatic carbocycles. The first-order valence-electron chi connectivity index (χ1n) is 4.29. The third-order valence-corrected chi connectivity index (χ3v) is 2.04. The minimum Gasteiger partial charge on any atom is -0.545 e. The number of aromatic carboxylic acids is 4. The molecule has 1 aromatic rings. The van der Waals surface area contributed by atoms with E-state index in [-0.39, 0.29) is 75.5 Å². The first-order valence-corrected chi connectivity index (χ1v) is 4.29. The van der Waals surface area contributed by atoms with Crippen LogP contribution in [0.4, 0.5) is 0 Å². The van der Waals surface area contributed by atoms with E-state index in [9.17, 15) is 39.6 Å². The summed E-state index contributed by atoms with van der Waals surface area (Å²) in [6.45, 7) is 0. The maximum absolute atomic E-state index is 10.6. The molecule has 0 radical (unpaired) electrons. The molecule has 0 bridgehead atoms. The number of carbonyl (C=O) groups is 4. The molecule has 0 N–H and O–H groups in total. The van der Waals surface area contributed by atoms with Crippen molar-refractivity contribution in [2.45, 2.75) is 0 Å². The zero-order chi connectivity index (χ0) is 14.0. The number of rotatable bonds is 4. The molecule has 0 spiro atoms. The molecule has 0 unspecified atom stereocenters. The average Bonchev–Trinajstić information content (AvgIpc) is 2.26. The smallest absolute Gasteiger partial charge is 0.545 e. The van der Waals surface area contributed by atoms with E-state index in [2.05, 4.69) is 0 Å². The normalized spacial score (nSPS) is 8.80. The second-order valence-corrected chi connectivity index (χ2v) is 3.09. The summed E-state index contributed by atoms with van der Waals surface area (Å²) in [5.41, 5.74) is -4.11. The van der Waals surface area contributed by atoms with Gasteiger partial charge in [0, 0.05) is 22.3 Å². The maximum Gasteiger partial charge on any atom is 2.00 e. The monoisotopic (exact) mass is 330 g/mol. The van der Waals surface area contributed by atoms with Gasteiger partial charge in [0.2, 0.25) is 0 Å². The fourth-order valence-corrected chi connectivity index (χ4v) is 1.28. The molecule has 0 atom stereocenters. The number of hydrogen-bond donors (Lipinski definition) is 0. The van der Waals surface area contributed by atoms with Crippen LogP contribution in [0.15, 0.2) is 12.1 Å². The largest absolute Gasteiger partial charge is 2.00 e. The van der Waals surface area contributed by atoms with Gasteiger partial charge in [0.05, 0.1) is 23.9 Å². The van der Waals surface area contributed by atoms with Crippen molar-refractivity contribution in [3.05, 3.63) is 34.4 Å². The van der Waals surface area contributed by atoms with Crippen molar-refractivity contribution in [1.29, 1.82) is 0 Å². The van der Waals surface area contributed by atoms with Crippen molar-refractivity contribution in [3.63, 3.8) is 0 Å². The molecule has 0 aliphatic carbocycles. The van der Waals surface area contributed by atoms with E-state index in [0.29, 0.717) is 12.1 Å². The SMILES string of the molecule is O=C([O-])c1cc(C(=O)[O-])c(C(=O)[O-])cc1C(=O)[O-].[Ca+2].[Ca+2]. The van der Waals surface area contributed by atoms with Crippen LogP contribution in [0.2, 0.25) is 0 Å². The predicted octanol–water partition coefficient (Wildman–Crippen LogP) is -5.62. The average molecular weight is 330 g/mol. The predicted molar refractivity (Wildman–Crippen MR) is 55.3 cm³/mol. The van der Waals surface area contributed by atoms with Gasteiger partial charge in [-0.15, -0.1) is 0 Å². The van der Waals surface area contributed by atoms with E-state index in [1.54, 1.807) is 0 Å². The Hall–Kier alpha value is -0.381. The molecule has 8 nitrogen and oxygen atoms in total. The Morgan fingerprint density at radius 1 is 0.550 bits per heavy atom. The summed E-state index contributed by atoms with van der Waals surface area (Å²) in [4.78, 5) is 42.4. The molecule has 20 heavy (non-hydrogen) atoms. The Kier molecular flexibility index (Phi) is 9.65. The summed E-state index contributed by atoms with van der Waals surface area (Å²) < 4.78 is 0. The standard InChI is InChI=1S/C10H6O8.2Ca/c11-7(12)3-1-4(8(13)14)6(10(17)18)2-5(3)9(15)16;;/h1-2H,(H,11,12)(H,13,14)(H,15,16)(H,17,18);;/q;2*+2/p-4. The van der Waals surface area contributed by atoms with Crippen LogP contribution < -0.4 is 20.4 Å². The van der Waals surface area contributed by atoms with Crippen LogP contribution in [-0.2, 0) is 0 Å². The van der Waals surface area contributed by atoms with Gasteiger partial charge >= 0.3 is 75.5 Å². The van der Waals surface area contributed by atoms with E-state index in [0.717, 1.165) is 0 Å². The van der Waals surface area contributed by atoms with Gasteiger partial charge in [-0.25, -0.2) is 0 Å². The first-order chi connectivity index (χ1) is 8.25. The third kappa shape index (κ3) is 4.87. The summed E-state index contributed by atoms with van der Waals surface area (Å²) in [5.74, 6) is -7.99. The van der Waals surface area contributed by atoms with E-state index < -0.39 is 46.1 Å². The van der Waals surface area contributed by atoms with Crippen molar-refractivity contribution >= 4 is 99.4 Å². The Morgan fingerprint density at radius 3 is 0.800 bits per heavy atom. The maximum atomic E-state index is 10.6. The molecule has 94 valence electrons. The molecule has 0 saturated carbocycles. The van der Waals surface area contributed by atoms with Crippen LogP contribution >= 0.6 is 0 Å². The van der Waals surface area contributed by atoms with Gasteiger partial charge in [-0.05, 0) is 12.1 Å². The van der Waals surface area contributed by atoms with Crippen molar-refractivity contribution in [3.8, 4) is 0 Å². The summed E-state index contributed by atoms with van der Waals surface area (Å²) in [7, 11) is 0. The van der Waals surface area contributed by atoms with Gasteiger partial charge in [-0.2, -0.15) is 0 Å². The van der Waals surface area contributed by atoms with Gasteiger partial charge in [0.1, 0.15) is 0 Å². The van der Waals surface area contributed by atoms with Crippen LogP contribution in [0.5, 0.6) is 0 Å². The van der Waals surface area contributed by atoms with Crippen LogP contribution in [0.25, 0.3) is 0 Å². The third-order valence-electron chi connectivity index (χ3n) is 2.04. The van der Waals surface area contributed by atoms with Crippen molar-refractivity contribution in [1.82, 2.24) is 0 Å². The van der Waals surface area contributed by atoms with Gasteiger partial charge < -0.3 is 39.6 Å². The number of hydrogen-bond acceptors (Lipinski definition) is 8. The fourth-order valence-electron chi connectivity index (χ4n) is 1.28. The number of carboxylic acid groups (broad SMARTS) is 4. The van der Waals surface area contributed by atoms with Gasteiger partial charge in [0.25, 0.3) is 0 Å². The molecular weight excluding hydrogens is 328 g/mol. The van der Waals surface area contributed by atoms with Crippen LogP contribution in [-0.4, -0.2) is 99.4 Å². The van der Waals surface area contributed by atoms with Gasteiger partial charge in [-0.1, -0.05) is 0 Å². The fraction of sp³-hybridized carbons (Fsp3) is 0. The number of benzene rings is 1. The summed E-state index contributed by atoms with van der Waals surface area (Å²) >= 11 is 0.